The van der Waals surface area contributed by atoms with E-state index in [4.69, 9.17) is 22.6 Å². The molecule has 0 bridgehead atoms. The molecule has 0 radical (unpaired) electrons. The van der Waals surface area contributed by atoms with Crippen LogP contribution in [0.1, 0.15) is 12.8 Å². The van der Waals surface area contributed by atoms with E-state index in [1.54, 1.807) is 24.3 Å². The molecule has 6 heteroatoms. The fraction of sp³-hybridized carbons (Fsp3) is 0.286. The number of nitrogens with two attached hydrogens (primary N) is 1. The fourth-order valence-electron chi connectivity index (χ4n) is 2.07. The smallest absolute Gasteiger partial charge is 0.270 e. The molecule has 104 valence electrons. The third-order valence-electron chi connectivity index (χ3n) is 3.14. The molecule has 20 heavy (non-hydrogen) atoms. The Morgan fingerprint density at radius 1 is 1.30 bits per heavy atom. The summed E-state index contributed by atoms with van der Waals surface area (Å²) in [5, 5.41) is 12.4. The highest BCUT2D eigenvalue weighted by Crippen LogP contribution is 2.17. The van der Waals surface area contributed by atoms with Gasteiger partial charge in [0.15, 0.2) is 5.57 Å². The number of nitrogens with one attached hydrogen (secondary N) is 1. The summed E-state index contributed by atoms with van der Waals surface area (Å²) >= 11 is 5.77. The van der Waals surface area contributed by atoms with Crippen LogP contribution in [-0.4, -0.2) is 23.9 Å². The van der Waals surface area contributed by atoms with E-state index >= 15 is 0 Å². The van der Waals surface area contributed by atoms with Gasteiger partial charge in [-0.25, -0.2) is 0 Å². The van der Waals surface area contributed by atoms with Crippen LogP contribution in [0.3, 0.4) is 0 Å². The molecule has 0 aromatic heterocycles. The molecule has 2 rings (SSSR count). The predicted octanol–water partition coefficient (Wildman–Crippen LogP) is 2.07. The summed E-state index contributed by atoms with van der Waals surface area (Å²) in [6, 6.07) is 8.55. The lowest BCUT2D eigenvalue weighted by Crippen LogP contribution is -2.29. The van der Waals surface area contributed by atoms with Gasteiger partial charge in [-0.3, -0.25) is 4.79 Å². The van der Waals surface area contributed by atoms with Crippen molar-refractivity contribution in [2.45, 2.75) is 12.8 Å². The monoisotopic (exact) mass is 290 g/mol. The van der Waals surface area contributed by atoms with Crippen LogP contribution in [0.15, 0.2) is 35.7 Å². The molecule has 1 aliphatic rings. The van der Waals surface area contributed by atoms with Crippen LogP contribution < -0.4 is 11.1 Å². The number of hydrogen-bond donors (Lipinski definition) is 2. The Labute approximate surface area is 122 Å². The van der Waals surface area contributed by atoms with Crippen molar-refractivity contribution in [3.8, 4) is 6.07 Å². The lowest BCUT2D eigenvalue weighted by Gasteiger charge is -2.18. The minimum Gasteiger partial charge on any atom is -0.384 e. The third-order valence-corrected chi connectivity index (χ3v) is 3.40. The van der Waals surface area contributed by atoms with Crippen molar-refractivity contribution >= 4 is 23.2 Å². The molecule has 0 saturated carbocycles. The molecule has 0 unspecified atom stereocenters. The van der Waals surface area contributed by atoms with Crippen molar-refractivity contribution < 1.29 is 4.79 Å². The van der Waals surface area contributed by atoms with Gasteiger partial charge in [-0.15, -0.1) is 0 Å². The quantitative estimate of drug-likeness (QED) is 0.659. The number of hydrogen-bond acceptors (Lipinski definition) is 4. The molecule has 1 heterocycles. The number of likely N-dealkylation sites (tertiary alicyclic amines) is 1. The molecule has 5 nitrogen and oxygen atoms in total. The molecule has 1 fully saturated rings. The van der Waals surface area contributed by atoms with Gasteiger partial charge in [0.05, 0.1) is 0 Å². The average molecular weight is 291 g/mol. The fourth-order valence-corrected chi connectivity index (χ4v) is 2.19. The number of rotatable bonds is 3. The highest BCUT2D eigenvalue weighted by molar-refractivity contribution is 6.30. The molecule has 1 aromatic rings. The zero-order valence-electron chi connectivity index (χ0n) is 10.9. The Bertz CT molecular complexity index is 568. The largest absolute Gasteiger partial charge is 0.384 e. The van der Waals surface area contributed by atoms with Gasteiger partial charge >= 0.3 is 0 Å². The first-order chi connectivity index (χ1) is 9.61. The van der Waals surface area contributed by atoms with Crippen molar-refractivity contribution in [1.29, 1.82) is 5.26 Å². The van der Waals surface area contributed by atoms with Crippen LogP contribution in [0.5, 0.6) is 0 Å². The Hall–Kier alpha value is -2.19. The lowest BCUT2D eigenvalue weighted by atomic mass is 10.2. The van der Waals surface area contributed by atoms with Crippen LogP contribution in [0.4, 0.5) is 5.69 Å². The average Bonchev–Trinajstić information content (AvgIpc) is 2.96. The first kappa shape index (κ1) is 14.2. The summed E-state index contributed by atoms with van der Waals surface area (Å²) in [4.78, 5) is 14.0. The van der Waals surface area contributed by atoms with Crippen molar-refractivity contribution in [2.24, 2.45) is 5.73 Å². The second-order valence-corrected chi connectivity index (χ2v) is 4.96. The van der Waals surface area contributed by atoms with Gasteiger partial charge in [-0.05, 0) is 37.1 Å². The molecular formula is C14H15ClN4O. The minimum absolute atomic E-state index is 0.0538. The van der Waals surface area contributed by atoms with Crippen LogP contribution in [0.25, 0.3) is 0 Å². The molecule has 0 aliphatic carbocycles. The molecule has 0 atom stereocenters. The first-order valence-corrected chi connectivity index (χ1v) is 6.71. The Morgan fingerprint density at radius 2 is 1.90 bits per heavy atom. The van der Waals surface area contributed by atoms with Crippen molar-refractivity contribution in [3.63, 3.8) is 0 Å². The van der Waals surface area contributed by atoms with E-state index in [1.165, 1.54) is 0 Å². The van der Waals surface area contributed by atoms with Crippen molar-refractivity contribution in [1.82, 2.24) is 4.90 Å². The highest BCUT2D eigenvalue weighted by atomic mass is 35.5. The zero-order chi connectivity index (χ0) is 14.5. The van der Waals surface area contributed by atoms with Crippen LogP contribution in [0, 0.1) is 11.3 Å². The molecular weight excluding hydrogens is 276 g/mol. The predicted molar refractivity (Wildman–Crippen MR) is 77.7 cm³/mol. The topological polar surface area (TPSA) is 82.1 Å². The Balaban J connectivity index is 2.15. The number of nitrogens with zero attached hydrogens (tertiary/aromatic N) is 2. The van der Waals surface area contributed by atoms with E-state index in [0.717, 1.165) is 25.9 Å². The number of halogens is 1. The molecule has 1 aliphatic heterocycles. The maximum Gasteiger partial charge on any atom is 0.270 e. The van der Waals surface area contributed by atoms with Crippen LogP contribution >= 0.6 is 11.6 Å². The summed E-state index contributed by atoms with van der Waals surface area (Å²) < 4.78 is 0. The zero-order valence-corrected chi connectivity index (χ0v) is 11.7. The van der Waals surface area contributed by atoms with E-state index < -0.39 is 5.91 Å². The standard InChI is InChI=1S/C14H15ClN4O/c15-10-3-5-11(6-4-10)18-14(20)12(9-16)13(17)19-7-1-2-8-19/h3-6H,1-2,7-8,17H2,(H,18,20). The second-order valence-electron chi connectivity index (χ2n) is 4.53. The van der Waals surface area contributed by atoms with Crippen molar-refractivity contribution in [2.75, 3.05) is 18.4 Å². The molecule has 0 spiro atoms. The number of nitriles is 1. The number of amides is 1. The van der Waals surface area contributed by atoms with Gasteiger partial charge in [0.1, 0.15) is 11.9 Å². The van der Waals surface area contributed by atoms with E-state index in [1.807, 2.05) is 11.0 Å². The summed E-state index contributed by atoms with van der Waals surface area (Å²) in [7, 11) is 0. The Kier molecular flexibility index (Phi) is 4.49. The van der Waals surface area contributed by atoms with Gasteiger partial charge in [0.2, 0.25) is 0 Å². The van der Waals surface area contributed by atoms with Crippen molar-refractivity contribution in [3.05, 3.63) is 40.7 Å². The minimum atomic E-state index is -0.501. The van der Waals surface area contributed by atoms with Gasteiger partial charge in [-0.1, -0.05) is 11.6 Å². The SMILES string of the molecule is N#CC(C(=O)Nc1ccc(Cl)cc1)=C(N)N1CCCC1. The maximum atomic E-state index is 12.1. The number of benzene rings is 1. The number of carbonyl (C=O) groups excluding carboxylic acids is 1. The molecule has 1 amide bonds. The normalized spacial score (nSPS) is 15.5. The number of carbonyl (C=O) groups is 1. The molecule has 1 aromatic carbocycles. The van der Waals surface area contributed by atoms with Crippen LogP contribution in [-0.2, 0) is 4.79 Å². The summed E-state index contributed by atoms with van der Waals surface area (Å²) in [5.41, 5.74) is 6.43. The van der Waals surface area contributed by atoms with E-state index in [-0.39, 0.29) is 11.4 Å². The second kappa shape index (κ2) is 6.31. The van der Waals surface area contributed by atoms with E-state index in [0.29, 0.717) is 10.7 Å². The molecule has 1 saturated heterocycles. The van der Waals surface area contributed by atoms with Gasteiger partial charge in [0.25, 0.3) is 5.91 Å². The van der Waals surface area contributed by atoms with E-state index in [2.05, 4.69) is 5.32 Å². The number of anilines is 1. The van der Waals surface area contributed by atoms with E-state index in [9.17, 15) is 4.79 Å². The first-order valence-electron chi connectivity index (χ1n) is 6.33. The van der Waals surface area contributed by atoms with Gasteiger partial charge in [0, 0.05) is 23.8 Å². The third kappa shape index (κ3) is 3.22. The summed E-state index contributed by atoms with van der Waals surface area (Å²) in [6.45, 7) is 1.57. The Morgan fingerprint density at radius 3 is 2.45 bits per heavy atom. The maximum absolute atomic E-state index is 12.1. The van der Waals surface area contributed by atoms with Crippen LogP contribution in [0.2, 0.25) is 5.02 Å². The molecule has 3 N–H and O–H groups in total. The summed E-state index contributed by atoms with van der Waals surface area (Å²) in [6.07, 6.45) is 2.05. The van der Waals surface area contributed by atoms with Gasteiger partial charge < -0.3 is 16.0 Å². The highest BCUT2D eigenvalue weighted by Gasteiger charge is 2.20. The summed E-state index contributed by atoms with van der Waals surface area (Å²) in [5.74, 6) is -0.254. The lowest BCUT2D eigenvalue weighted by molar-refractivity contribution is -0.112. The van der Waals surface area contributed by atoms with Gasteiger partial charge in [-0.2, -0.15) is 5.26 Å².